The zero-order valence-electron chi connectivity index (χ0n) is 22.5. The summed E-state index contributed by atoms with van der Waals surface area (Å²) in [6.07, 6.45) is 7.36. The molecule has 10 heteroatoms. The van der Waals surface area contributed by atoms with Crippen LogP contribution in [0.3, 0.4) is 0 Å². The Hall–Kier alpha value is -4.60. The number of hydrogen-bond acceptors (Lipinski definition) is 8. The van der Waals surface area contributed by atoms with E-state index in [1.165, 1.54) is 0 Å². The zero-order chi connectivity index (χ0) is 27.2. The largest absolute Gasteiger partial charge is 0.495 e. The number of rotatable bonds is 7. The van der Waals surface area contributed by atoms with Gasteiger partial charge in [0.25, 0.3) is 5.91 Å². The van der Waals surface area contributed by atoms with Crippen LogP contribution >= 0.6 is 0 Å². The minimum absolute atomic E-state index is 0.0126. The molecular formula is C30H30N6O4. The molecule has 2 fully saturated rings. The second-order valence-corrected chi connectivity index (χ2v) is 10.4. The Labute approximate surface area is 230 Å². The number of nitrogens with one attached hydrogen (secondary N) is 2. The summed E-state index contributed by atoms with van der Waals surface area (Å²) in [5.41, 5.74) is 5.33. The van der Waals surface area contributed by atoms with E-state index in [2.05, 4.69) is 15.3 Å². The molecule has 7 rings (SSSR count). The van der Waals surface area contributed by atoms with E-state index in [9.17, 15) is 4.79 Å². The number of carbonyl (C=O) groups excluding carboxylic acids is 1. The number of ether oxygens (including phenoxy) is 2. The number of carbonyl (C=O) groups is 1. The van der Waals surface area contributed by atoms with Gasteiger partial charge in [0.15, 0.2) is 11.5 Å². The van der Waals surface area contributed by atoms with Gasteiger partial charge in [-0.25, -0.2) is 4.98 Å². The number of nitrogens with zero attached hydrogens (tertiary/aromatic N) is 4. The van der Waals surface area contributed by atoms with Crippen LogP contribution in [-0.2, 0) is 0 Å². The number of amides is 1. The van der Waals surface area contributed by atoms with E-state index in [1.807, 2.05) is 42.3 Å². The van der Waals surface area contributed by atoms with Crippen LogP contribution in [0.4, 0.5) is 11.6 Å². The Morgan fingerprint density at radius 2 is 1.93 bits per heavy atom. The van der Waals surface area contributed by atoms with Crippen LogP contribution < -0.4 is 14.8 Å². The summed E-state index contributed by atoms with van der Waals surface area (Å²) < 4.78 is 17.9. The number of likely N-dealkylation sites (tertiary alicyclic amines) is 1. The highest BCUT2D eigenvalue weighted by Crippen LogP contribution is 2.38. The number of methoxy groups -OCH3 is 1. The molecule has 0 bridgehead atoms. The number of aromatic amines is 1. The highest BCUT2D eigenvalue weighted by molar-refractivity contribution is 5.99. The fraction of sp³-hybridized carbons (Fsp3) is 0.333. The first kappa shape index (κ1) is 24.4. The molecule has 2 aromatic carbocycles. The van der Waals surface area contributed by atoms with Crippen LogP contribution in [0.15, 0.2) is 47.0 Å². The summed E-state index contributed by atoms with van der Waals surface area (Å²) in [7, 11) is 1.58. The molecule has 1 saturated heterocycles. The van der Waals surface area contributed by atoms with Crippen LogP contribution in [0.25, 0.3) is 33.3 Å². The van der Waals surface area contributed by atoms with Crippen LogP contribution in [-0.4, -0.2) is 57.0 Å². The van der Waals surface area contributed by atoms with E-state index in [0.717, 1.165) is 72.8 Å². The SMILES string of the molecule is COc1cc(C(=O)N2CCC2)ccc1Nc1nc(OC2CCCC2)c2c(-c3ccc4nc(C)oc4c3)c[nH]c2n1. The summed E-state index contributed by atoms with van der Waals surface area (Å²) in [5, 5.41) is 4.10. The third-order valence-corrected chi connectivity index (χ3v) is 7.72. The van der Waals surface area contributed by atoms with Gasteiger partial charge < -0.3 is 29.1 Å². The average molecular weight is 539 g/mol. The molecule has 0 spiro atoms. The second kappa shape index (κ2) is 9.86. The first-order chi connectivity index (χ1) is 19.6. The number of aromatic nitrogens is 4. The molecule has 204 valence electrons. The van der Waals surface area contributed by atoms with Gasteiger partial charge in [0.1, 0.15) is 23.0 Å². The maximum absolute atomic E-state index is 12.7. The van der Waals surface area contributed by atoms with Gasteiger partial charge in [-0.3, -0.25) is 4.79 Å². The van der Waals surface area contributed by atoms with Crippen LogP contribution in [0.5, 0.6) is 11.6 Å². The molecule has 0 atom stereocenters. The lowest BCUT2D eigenvalue weighted by molar-refractivity contribution is 0.0651. The highest BCUT2D eigenvalue weighted by Gasteiger charge is 2.24. The Morgan fingerprint density at radius 1 is 1.07 bits per heavy atom. The summed E-state index contributed by atoms with van der Waals surface area (Å²) in [4.78, 5) is 31.9. The van der Waals surface area contributed by atoms with Crippen molar-refractivity contribution in [2.45, 2.75) is 45.1 Å². The lowest BCUT2D eigenvalue weighted by Crippen LogP contribution is -2.42. The van der Waals surface area contributed by atoms with Crippen molar-refractivity contribution in [1.29, 1.82) is 0 Å². The van der Waals surface area contributed by atoms with Crippen LogP contribution in [0.1, 0.15) is 48.4 Å². The summed E-state index contributed by atoms with van der Waals surface area (Å²) in [5.74, 6) is 2.07. The molecule has 0 unspecified atom stereocenters. The Bertz CT molecular complexity index is 1730. The van der Waals surface area contributed by atoms with Crippen LogP contribution in [0.2, 0.25) is 0 Å². The molecule has 1 aliphatic heterocycles. The van der Waals surface area contributed by atoms with Gasteiger partial charge in [-0.1, -0.05) is 6.07 Å². The maximum atomic E-state index is 12.7. The molecule has 10 nitrogen and oxygen atoms in total. The van der Waals surface area contributed by atoms with Crippen molar-refractivity contribution in [2.75, 3.05) is 25.5 Å². The quantitative estimate of drug-likeness (QED) is 0.259. The lowest BCUT2D eigenvalue weighted by Gasteiger charge is -2.31. The zero-order valence-corrected chi connectivity index (χ0v) is 22.5. The summed E-state index contributed by atoms with van der Waals surface area (Å²) in [6, 6.07) is 11.3. The number of anilines is 2. The van der Waals surface area contributed by atoms with Gasteiger partial charge in [-0.05, 0) is 68.0 Å². The predicted octanol–water partition coefficient (Wildman–Crippen LogP) is 5.99. The van der Waals surface area contributed by atoms with Gasteiger partial charge >= 0.3 is 0 Å². The van der Waals surface area contributed by atoms with Crippen molar-refractivity contribution in [1.82, 2.24) is 24.8 Å². The van der Waals surface area contributed by atoms with E-state index >= 15 is 0 Å². The average Bonchev–Trinajstić information content (AvgIpc) is 3.67. The number of hydrogen-bond donors (Lipinski definition) is 2. The molecule has 2 aliphatic rings. The fourth-order valence-corrected chi connectivity index (χ4v) is 5.49. The first-order valence-electron chi connectivity index (χ1n) is 13.7. The summed E-state index contributed by atoms with van der Waals surface area (Å²) in [6.45, 7) is 3.43. The number of H-pyrrole nitrogens is 1. The standard InChI is InChI=1S/C30H30N6O4/c1-17-32-23-10-8-18(14-25(23)39-17)21-16-31-27-26(21)28(40-20-6-3-4-7-20)35-30(34-27)33-22-11-9-19(15-24(22)38-2)29(37)36-12-5-13-36/h8-11,14-16,20H,3-7,12-13H2,1-2H3,(H2,31,33,34,35). The molecule has 40 heavy (non-hydrogen) atoms. The fourth-order valence-electron chi connectivity index (χ4n) is 5.49. The number of aryl methyl sites for hydroxylation is 1. The smallest absolute Gasteiger partial charge is 0.253 e. The van der Waals surface area contributed by atoms with E-state index in [-0.39, 0.29) is 12.0 Å². The molecule has 4 heterocycles. The molecular weight excluding hydrogens is 508 g/mol. The Kier molecular flexibility index (Phi) is 6.02. The van der Waals surface area contributed by atoms with Crippen molar-refractivity contribution < 1.29 is 18.7 Å². The van der Waals surface area contributed by atoms with Gasteiger partial charge in [0, 0.05) is 37.3 Å². The Morgan fingerprint density at radius 3 is 2.70 bits per heavy atom. The van der Waals surface area contributed by atoms with E-state index < -0.39 is 0 Å². The van der Waals surface area contributed by atoms with Crippen molar-refractivity contribution in [3.63, 3.8) is 0 Å². The van der Waals surface area contributed by atoms with Gasteiger partial charge in [0.05, 0.1) is 18.2 Å². The number of fused-ring (bicyclic) bond motifs is 2. The maximum Gasteiger partial charge on any atom is 0.253 e. The Balaban J connectivity index is 1.26. The van der Waals surface area contributed by atoms with Gasteiger partial charge in [0.2, 0.25) is 11.8 Å². The number of oxazole rings is 1. The third kappa shape index (κ3) is 4.39. The van der Waals surface area contributed by atoms with E-state index in [4.69, 9.17) is 23.9 Å². The topological polar surface area (TPSA) is 118 Å². The minimum atomic E-state index is 0.0126. The van der Waals surface area contributed by atoms with Crippen molar-refractivity contribution in [3.05, 3.63) is 54.0 Å². The molecule has 1 amide bonds. The van der Waals surface area contributed by atoms with E-state index in [0.29, 0.717) is 40.4 Å². The minimum Gasteiger partial charge on any atom is -0.495 e. The van der Waals surface area contributed by atoms with Gasteiger partial charge in [-0.2, -0.15) is 9.97 Å². The third-order valence-electron chi connectivity index (χ3n) is 7.72. The lowest BCUT2D eigenvalue weighted by atomic mass is 10.1. The molecule has 0 radical (unpaired) electrons. The molecule has 1 saturated carbocycles. The summed E-state index contributed by atoms with van der Waals surface area (Å²) >= 11 is 0. The first-order valence-corrected chi connectivity index (χ1v) is 13.7. The molecule has 3 aromatic heterocycles. The highest BCUT2D eigenvalue weighted by atomic mass is 16.5. The molecule has 1 aliphatic carbocycles. The van der Waals surface area contributed by atoms with Crippen molar-refractivity contribution in [2.24, 2.45) is 0 Å². The van der Waals surface area contributed by atoms with Gasteiger partial charge in [-0.15, -0.1) is 0 Å². The molecule has 2 N–H and O–H groups in total. The normalized spacial score (nSPS) is 15.5. The van der Waals surface area contributed by atoms with Crippen LogP contribution in [0, 0.1) is 6.92 Å². The van der Waals surface area contributed by atoms with Crippen molar-refractivity contribution in [3.8, 4) is 22.8 Å². The molecule has 5 aromatic rings. The monoisotopic (exact) mass is 538 g/mol. The second-order valence-electron chi connectivity index (χ2n) is 10.4. The predicted molar refractivity (Wildman–Crippen MR) is 151 cm³/mol. The van der Waals surface area contributed by atoms with Crippen molar-refractivity contribution >= 4 is 39.7 Å². The van der Waals surface area contributed by atoms with E-state index in [1.54, 1.807) is 19.2 Å². The number of benzene rings is 2.